The van der Waals surface area contributed by atoms with E-state index in [0.717, 1.165) is 45.3 Å². The van der Waals surface area contributed by atoms with E-state index in [1.54, 1.807) is 0 Å². The number of benzene rings is 1. The highest BCUT2D eigenvalue weighted by molar-refractivity contribution is 5.66. The number of piperidine rings is 1. The molecule has 1 heterocycles. The molecule has 0 spiro atoms. The van der Waals surface area contributed by atoms with Crippen LogP contribution in [0.5, 0.6) is 0 Å². The molecule has 1 saturated heterocycles. The predicted octanol–water partition coefficient (Wildman–Crippen LogP) is 3.33. The minimum atomic E-state index is -0.663. The molecule has 1 aromatic carbocycles. The Hall–Kier alpha value is -1.35. The zero-order chi connectivity index (χ0) is 14.4. The summed E-state index contributed by atoms with van der Waals surface area (Å²) in [6, 6.07) is 8.68. The van der Waals surface area contributed by atoms with Gasteiger partial charge in [-0.2, -0.15) is 0 Å². The van der Waals surface area contributed by atoms with Crippen molar-refractivity contribution in [1.29, 1.82) is 0 Å². The van der Waals surface area contributed by atoms with Gasteiger partial charge in [-0.1, -0.05) is 31.2 Å². The number of rotatable bonds is 6. The fourth-order valence-electron chi connectivity index (χ4n) is 3.06. The average Bonchev–Trinajstić information content (AvgIpc) is 2.47. The molecule has 1 aromatic rings. The van der Waals surface area contributed by atoms with E-state index in [4.69, 9.17) is 5.11 Å². The molecule has 2 rings (SSSR count). The zero-order valence-electron chi connectivity index (χ0n) is 12.3. The van der Waals surface area contributed by atoms with E-state index in [2.05, 4.69) is 36.1 Å². The van der Waals surface area contributed by atoms with Gasteiger partial charge in [0.2, 0.25) is 0 Å². The number of aryl methyl sites for hydroxylation is 1. The van der Waals surface area contributed by atoms with Crippen molar-refractivity contribution in [2.45, 2.75) is 45.6 Å². The van der Waals surface area contributed by atoms with Gasteiger partial charge in [-0.05, 0) is 55.8 Å². The van der Waals surface area contributed by atoms with E-state index in [1.807, 2.05) is 0 Å². The van der Waals surface area contributed by atoms with Crippen LogP contribution < -0.4 is 0 Å². The molecular formula is C17H25NO2. The lowest BCUT2D eigenvalue weighted by Crippen LogP contribution is -2.33. The number of carboxylic acids is 1. The van der Waals surface area contributed by atoms with Gasteiger partial charge in [-0.15, -0.1) is 0 Å². The molecule has 110 valence electrons. The summed E-state index contributed by atoms with van der Waals surface area (Å²) in [5, 5.41) is 8.74. The minimum absolute atomic E-state index is 0.323. The highest BCUT2D eigenvalue weighted by atomic mass is 16.4. The second-order valence-electron chi connectivity index (χ2n) is 5.77. The monoisotopic (exact) mass is 275 g/mol. The first kappa shape index (κ1) is 15.0. The lowest BCUT2D eigenvalue weighted by Gasteiger charge is -2.32. The average molecular weight is 275 g/mol. The first-order valence-electron chi connectivity index (χ1n) is 7.70. The molecule has 1 fully saturated rings. The summed E-state index contributed by atoms with van der Waals surface area (Å²) in [6.07, 6.45) is 4.53. The highest BCUT2D eigenvalue weighted by Gasteiger charge is 2.20. The first-order chi connectivity index (χ1) is 9.69. The van der Waals surface area contributed by atoms with Crippen LogP contribution in [0.15, 0.2) is 24.3 Å². The molecular weight excluding hydrogens is 250 g/mol. The SMILES string of the molecule is CCc1ccccc1CN1CCC(CCC(=O)O)CC1. The zero-order valence-corrected chi connectivity index (χ0v) is 12.3. The van der Waals surface area contributed by atoms with E-state index >= 15 is 0 Å². The second kappa shape index (κ2) is 7.44. The fraction of sp³-hybridized carbons (Fsp3) is 0.588. The Morgan fingerprint density at radius 3 is 2.50 bits per heavy atom. The molecule has 3 heteroatoms. The van der Waals surface area contributed by atoms with Gasteiger partial charge in [0, 0.05) is 13.0 Å². The van der Waals surface area contributed by atoms with Gasteiger partial charge in [0.1, 0.15) is 0 Å². The minimum Gasteiger partial charge on any atom is -0.481 e. The molecule has 1 N–H and O–H groups in total. The van der Waals surface area contributed by atoms with Crippen molar-refractivity contribution < 1.29 is 9.90 Å². The van der Waals surface area contributed by atoms with Crippen molar-refractivity contribution in [2.75, 3.05) is 13.1 Å². The van der Waals surface area contributed by atoms with Gasteiger partial charge in [-0.3, -0.25) is 9.69 Å². The molecule has 0 radical (unpaired) electrons. The number of hydrogen-bond donors (Lipinski definition) is 1. The van der Waals surface area contributed by atoms with E-state index < -0.39 is 5.97 Å². The Labute approximate surface area is 121 Å². The maximum absolute atomic E-state index is 10.6. The number of likely N-dealkylation sites (tertiary alicyclic amines) is 1. The number of hydrogen-bond acceptors (Lipinski definition) is 2. The topological polar surface area (TPSA) is 40.5 Å². The van der Waals surface area contributed by atoms with E-state index in [1.165, 1.54) is 11.1 Å². The molecule has 1 aliphatic rings. The van der Waals surface area contributed by atoms with Crippen LogP contribution in [0, 0.1) is 5.92 Å². The van der Waals surface area contributed by atoms with Crippen molar-refractivity contribution in [2.24, 2.45) is 5.92 Å². The van der Waals surface area contributed by atoms with Gasteiger partial charge in [-0.25, -0.2) is 0 Å². The maximum atomic E-state index is 10.6. The van der Waals surface area contributed by atoms with Gasteiger partial charge in [0.25, 0.3) is 0 Å². The van der Waals surface area contributed by atoms with Gasteiger partial charge >= 0.3 is 5.97 Å². The predicted molar refractivity (Wildman–Crippen MR) is 80.7 cm³/mol. The van der Waals surface area contributed by atoms with E-state index in [9.17, 15) is 4.79 Å². The molecule has 0 amide bonds. The molecule has 20 heavy (non-hydrogen) atoms. The molecule has 0 aromatic heterocycles. The molecule has 0 unspecified atom stereocenters. The number of aliphatic carboxylic acids is 1. The standard InChI is InChI=1S/C17H25NO2/c1-2-15-5-3-4-6-16(15)13-18-11-9-14(10-12-18)7-8-17(19)20/h3-6,14H,2,7-13H2,1H3,(H,19,20). The third-order valence-electron chi connectivity index (χ3n) is 4.37. The summed E-state index contributed by atoms with van der Waals surface area (Å²) in [4.78, 5) is 13.1. The van der Waals surface area contributed by atoms with Crippen LogP contribution in [0.25, 0.3) is 0 Å². The molecule has 0 bridgehead atoms. The molecule has 0 saturated carbocycles. The van der Waals surface area contributed by atoms with Crippen LogP contribution in [0.3, 0.4) is 0 Å². The fourth-order valence-corrected chi connectivity index (χ4v) is 3.06. The maximum Gasteiger partial charge on any atom is 0.303 e. The Balaban J connectivity index is 1.81. The summed E-state index contributed by atoms with van der Waals surface area (Å²) < 4.78 is 0. The largest absolute Gasteiger partial charge is 0.481 e. The summed E-state index contributed by atoms with van der Waals surface area (Å²) in [7, 11) is 0. The molecule has 0 aliphatic carbocycles. The van der Waals surface area contributed by atoms with Crippen LogP contribution in [0.1, 0.15) is 43.7 Å². The van der Waals surface area contributed by atoms with Crippen LogP contribution in [0.2, 0.25) is 0 Å². The summed E-state index contributed by atoms with van der Waals surface area (Å²) >= 11 is 0. The third-order valence-corrected chi connectivity index (χ3v) is 4.37. The Kier molecular flexibility index (Phi) is 5.60. The van der Waals surface area contributed by atoms with E-state index in [0.29, 0.717) is 12.3 Å². The summed E-state index contributed by atoms with van der Waals surface area (Å²) in [6.45, 7) is 5.44. The number of nitrogens with zero attached hydrogens (tertiary/aromatic N) is 1. The quantitative estimate of drug-likeness (QED) is 0.865. The second-order valence-corrected chi connectivity index (χ2v) is 5.77. The first-order valence-corrected chi connectivity index (χ1v) is 7.70. The lowest BCUT2D eigenvalue weighted by atomic mass is 9.92. The van der Waals surface area contributed by atoms with Crippen LogP contribution >= 0.6 is 0 Å². The van der Waals surface area contributed by atoms with Crippen molar-refractivity contribution in [3.63, 3.8) is 0 Å². The van der Waals surface area contributed by atoms with Crippen LogP contribution in [-0.2, 0) is 17.8 Å². The Bertz CT molecular complexity index is 436. The van der Waals surface area contributed by atoms with Crippen molar-refractivity contribution >= 4 is 5.97 Å². The lowest BCUT2D eigenvalue weighted by molar-refractivity contribution is -0.137. The van der Waals surface area contributed by atoms with Crippen molar-refractivity contribution in [1.82, 2.24) is 4.90 Å². The summed E-state index contributed by atoms with van der Waals surface area (Å²) in [5.41, 5.74) is 2.89. The Morgan fingerprint density at radius 1 is 1.25 bits per heavy atom. The van der Waals surface area contributed by atoms with Gasteiger partial charge < -0.3 is 5.11 Å². The number of carbonyl (C=O) groups is 1. The third kappa shape index (κ3) is 4.34. The smallest absolute Gasteiger partial charge is 0.303 e. The van der Waals surface area contributed by atoms with Crippen LogP contribution in [-0.4, -0.2) is 29.1 Å². The summed E-state index contributed by atoms with van der Waals surface area (Å²) in [5.74, 6) is -0.0620. The molecule has 1 aliphatic heterocycles. The van der Waals surface area contributed by atoms with Crippen LogP contribution in [0.4, 0.5) is 0 Å². The van der Waals surface area contributed by atoms with E-state index in [-0.39, 0.29) is 0 Å². The van der Waals surface area contributed by atoms with Gasteiger partial charge in [0.05, 0.1) is 0 Å². The van der Waals surface area contributed by atoms with Gasteiger partial charge in [0.15, 0.2) is 0 Å². The number of carboxylic acid groups (broad SMARTS) is 1. The highest BCUT2D eigenvalue weighted by Crippen LogP contribution is 2.23. The normalized spacial score (nSPS) is 17.2. The molecule has 3 nitrogen and oxygen atoms in total. The van der Waals surface area contributed by atoms with Crippen molar-refractivity contribution in [3.05, 3.63) is 35.4 Å². The Morgan fingerprint density at radius 2 is 1.90 bits per heavy atom. The van der Waals surface area contributed by atoms with Crippen molar-refractivity contribution in [3.8, 4) is 0 Å². The molecule has 0 atom stereocenters.